The number of sulfone groups is 1. The van der Waals surface area contributed by atoms with Gasteiger partial charge < -0.3 is 4.57 Å². The van der Waals surface area contributed by atoms with Crippen molar-refractivity contribution in [2.24, 2.45) is 0 Å². The van der Waals surface area contributed by atoms with E-state index in [9.17, 15) is 12.8 Å². The third-order valence-corrected chi connectivity index (χ3v) is 6.89. The van der Waals surface area contributed by atoms with E-state index in [0.29, 0.717) is 6.42 Å². The molecule has 3 rings (SSSR count). The number of aromatic nitrogens is 3. The normalized spacial score (nSPS) is 12.8. The molecule has 3 aromatic heterocycles. The maximum Gasteiger partial charge on any atom is 0.195 e. The number of hydrogen-bond acceptors (Lipinski definition) is 5. The van der Waals surface area contributed by atoms with Crippen LogP contribution in [0.5, 0.6) is 0 Å². The van der Waals surface area contributed by atoms with Gasteiger partial charge in [0.05, 0.1) is 23.3 Å². The van der Waals surface area contributed by atoms with E-state index in [1.807, 2.05) is 16.7 Å². The van der Waals surface area contributed by atoms with Gasteiger partial charge >= 0.3 is 0 Å². The number of nitrogens with one attached hydrogen (secondary N) is 1. The molecule has 6 nitrogen and oxygen atoms in total. The molecule has 0 spiro atoms. The van der Waals surface area contributed by atoms with Crippen molar-refractivity contribution in [1.82, 2.24) is 19.4 Å². The smallest absolute Gasteiger partial charge is 0.195 e. The lowest BCUT2D eigenvalue weighted by Gasteiger charge is -2.15. The fourth-order valence-corrected chi connectivity index (χ4v) is 4.54. The molecule has 0 aliphatic rings. The van der Waals surface area contributed by atoms with E-state index in [-0.39, 0.29) is 35.6 Å². The average Bonchev–Trinajstić information content (AvgIpc) is 3.06. The Morgan fingerprint density at radius 2 is 2.06 bits per heavy atom. The summed E-state index contributed by atoms with van der Waals surface area (Å²) in [4.78, 5) is 11.1. The molecule has 0 atom stereocenters. The second-order valence-electron chi connectivity index (χ2n) is 7.55. The summed E-state index contributed by atoms with van der Waals surface area (Å²) in [6.07, 6.45) is 5.24. The van der Waals surface area contributed by atoms with Gasteiger partial charge in [-0.3, -0.25) is 4.98 Å². The maximum absolute atomic E-state index is 14.5. The predicted octanol–water partition coefficient (Wildman–Crippen LogP) is 4.54. The Balaban J connectivity index is 2.07. The van der Waals surface area contributed by atoms with Crippen molar-refractivity contribution in [3.8, 4) is 0 Å². The van der Waals surface area contributed by atoms with E-state index >= 15 is 0 Å². The van der Waals surface area contributed by atoms with Crippen LogP contribution in [-0.2, 0) is 22.8 Å². The summed E-state index contributed by atoms with van der Waals surface area (Å²) in [5.41, 5.74) is 4.49. The van der Waals surface area contributed by atoms with E-state index in [2.05, 4.69) is 28.7 Å². The molecule has 1 N–H and O–H groups in total. The first kappa shape index (κ1) is 23.4. The minimum atomic E-state index is -3.35. The quantitative estimate of drug-likeness (QED) is 0.470. The Morgan fingerprint density at radius 3 is 2.68 bits per heavy atom. The fourth-order valence-electron chi connectivity index (χ4n) is 3.68. The van der Waals surface area contributed by atoms with Crippen LogP contribution < -0.4 is 4.84 Å². The van der Waals surface area contributed by atoms with Gasteiger partial charge in [-0.1, -0.05) is 26.8 Å². The Bertz CT molecular complexity index is 1190. The van der Waals surface area contributed by atoms with Crippen LogP contribution in [0.25, 0.3) is 11.0 Å². The second kappa shape index (κ2) is 9.89. The van der Waals surface area contributed by atoms with Crippen LogP contribution in [0.1, 0.15) is 43.5 Å². The summed E-state index contributed by atoms with van der Waals surface area (Å²) in [5.74, 6) is -0.166. The largest absolute Gasteiger partial charge is 0.336 e. The van der Waals surface area contributed by atoms with Crippen LogP contribution >= 0.6 is 11.8 Å². The molecule has 0 radical (unpaired) electrons. The fraction of sp³-hybridized carbons (Fsp3) is 0.364. The molecule has 166 valence electrons. The molecular formula is C22H26ClFN4O2S. The molecule has 0 fully saturated rings. The molecule has 31 heavy (non-hydrogen) atoms. The van der Waals surface area contributed by atoms with Crippen molar-refractivity contribution < 1.29 is 12.8 Å². The first-order chi connectivity index (χ1) is 14.8. The van der Waals surface area contributed by atoms with E-state index in [1.165, 1.54) is 12.1 Å². The minimum Gasteiger partial charge on any atom is -0.336 e. The van der Waals surface area contributed by atoms with E-state index in [1.54, 1.807) is 25.4 Å². The minimum absolute atomic E-state index is 0.00652. The number of fused-ring (bicyclic) bond motifs is 1. The second-order valence-corrected chi connectivity index (χ2v) is 10.0. The number of rotatable bonds is 9. The standard InChI is InChI=1S/C22H26ClFN4O2S/c1-4-31(29,30)20-8-7-16(13-26-20)12-18-21-19(6-5-10-25-21)28(22(18)15(2)3)14-17(24)9-11-27-23/h5-10,13,15,27H,4,11-12,14H2,1-3H3/b17-9-. The summed E-state index contributed by atoms with van der Waals surface area (Å²) < 4.78 is 40.6. The highest BCUT2D eigenvalue weighted by atomic mass is 35.5. The zero-order chi connectivity index (χ0) is 22.6. The van der Waals surface area contributed by atoms with E-state index in [4.69, 9.17) is 11.8 Å². The first-order valence-corrected chi connectivity index (χ1v) is 12.1. The van der Waals surface area contributed by atoms with Crippen LogP contribution in [0.3, 0.4) is 0 Å². The summed E-state index contributed by atoms with van der Waals surface area (Å²) in [6.45, 7) is 6.03. The molecule has 0 aliphatic heterocycles. The van der Waals surface area contributed by atoms with Crippen LogP contribution in [-0.4, -0.2) is 35.3 Å². The van der Waals surface area contributed by atoms with Crippen LogP contribution in [0.15, 0.2) is 53.6 Å². The Kier molecular flexibility index (Phi) is 7.46. The molecule has 0 aromatic carbocycles. The summed E-state index contributed by atoms with van der Waals surface area (Å²) in [6, 6.07) is 7.08. The molecule has 3 heterocycles. The van der Waals surface area contributed by atoms with Crippen LogP contribution in [0.4, 0.5) is 4.39 Å². The van der Waals surface area contributed by atoms with Crippen molar-refractivity contribution >= 4 is 32.6 Å². The SMILES string of the molecule is CCS(=O)(=O)c1ccc(Cc2c(C(C)C)n(C/C(F)=C/CNCl)c3cccnc23)cn1. The highest BCUT2D eigenvalue weighted by Crippen LogP contribution is 2.32. The third-order valence-electron chi connectivity index (χ3n) is 5.10. The van der Waals surface area contributed by atoms with Crippen LogP contribution in [0.2, 0.25) is 0 Å². The zero-order valence-corrected chi connectivity index (χ0v) is 19.3. The number of halogens is 2. The van der Waals surface area contributed by atoms with Crippen LogP contribution in [0, 0.1) is 0 Å². The van der Waals surface area contributed by atoms with Crippen molar-refractivity contribution in [2.45, 2.75) is 44.7 Å². The number of nitrogens with zero attached hydrogens (tertiary/aromatic N) is 3. The number of pyridine rings is 2. The Morgan fingerprint density at radius 1 is 1.29 bits per heavy atom. The van der Waals surface area contributed by atoms with Gasteiger partial charge in [-0.25, -0.2) is 22.6 Å². The van der Waals surface area contributed by atoms with E-state index < -0.39 is 9.84 Å². The molecular weight excluding hydrogens is 439 g/mol. The highest BCUT2D eigenvalue weighted by molar-refractivity contribution is 7.91. The highest BCUT2D eigenvalue weighted by Gasteiger charge is 2.22. The molecule has 0 saturated heterocycles. The lowest BCUT2D eigenvalue weighted by molar-refractivity contribution is 0.544. The topological polar surface area (TPSA) is 76.9 Å². The van der Waals surface area contributed by atoms with Gasteiger partial charge in [0.2, 0.25) is 0 Å². The van der Waals surface area contributed by atoms with Gasteiger partial charge in [0.15, 0.2) is 14.9 Å². The van der Waals surface area contributed by atoms with Crippen molar-refractivity contribution in [3.05, 3.63) is 65.4 Å². The molecule has 0 amide bonds. The molecule has 3 aromatic rings. The third kappa shape index (κ3) is 5.14. The van der Waals surface area contributed by atoms with E-state index in [0.717, 1.165) is 27.9 Å². The van der Waals surface area contributed by atoms with Gasteiger partial charge in [0.25, 0.3) is 0 Å². The lowest BCUT2D eigenvalue weighted by Crippen LogP contribution is -2.09. The lowest BCUT2D eigenvalue weighted by atomic mass is 9.99. The number of hydrogen-bond donors (Lipinski definition) is 1. The van der Waals surface area contributed by atoms with Gasteiger partial charge in [-0.15, -0.1) is 0 Å². The summed E-state index contributed by atoms with van der Waals surface area (Å²) in [5, 5.41) is 0.0727. The zero-order valence-electron chi connectivity index (χ0n) is 17.8. The molecule has 0 unspecified atom stereocenters. The van der Waals surface area contributed by atoms with Gasteiger partial charge in [-0.2, -0.15) is 0 Å². The van der Waals surface area contributed by atoms with Crippen molar-refractivity contribution in [2.75, 3.05) is 12.3 Å². The monoisotopic (exact) mass is 464 g/mol. The number of allylic oxidation sites excluding steroid dienone is 1. The first-order valence-electron chi connectivity index (χ1n) is 10.1. The molecule has 9 heteroatoms. The summed E-state index contributed by atoms with van der Waals surface area (Å²) in [7, 11) is -3.35. The molecule has 0 saturated carbocycles. The van der Waals surface area contributed by atoms with Crippen molar-refractivity contribution in [3.63, 3.8) is 0 Å². The molecule has 0 bridgehead atoms. The average molecular weight is 465 g/mol. The van der Waals surface area contributed by atoms with Gasteiger partial charge in [0, 0.05) is 36.6 Å². The van der Waals surface area contributed by atoms with Gasteiger partial charge in [0.1, 0.15) is 5.83 Å². The Labute approximate surface area is 187 Å². The van der Waals surface area contributed by atoms with Gasteiger partial charge in [-0.05, 0) is 47.5 Å². The predicted molar refractivity (Wildman–Crippen MR) is 122 cm³/mol. The summed E-state index contributed by atoms with van der Waals surface area (Å²) >= 11 is 5.45. The molecule has 0 aliphatic carbocycles. The Hall–Kier alpha value is -2.29. The maximum atomic E-state index is 14.5. The van der Waals surface area contributed by atoms with Crippen molar-refractivity contribution in [1.29, 1.82) is 0 Å².